The van der Waals surface area contributed by atoms with Crippen molar-refractivity contribution >= 4 is 11.8 Å². The molecule has 0 saturated carbocycles. The molecule has 3 rings (SSSR count). The Kier molecular flexibility index (Phi) is 10.5. The Balaban J connectivity index is 1.70. The first kappa shape index (κ1) is 28.7. The Labute approximate surface area is 217 Å². The van der Waals surface area contributed by atoms with Gasteiger partial charge in [0.15, 0.2) is 5.78 Å². The van der Waals surface area contributed by atoms with Crippen LogP contribution in [0.4, 0.5) is 0 Å². The fourth-order valence-electron chi connectivity index (χ4n) is 5.85. The van der Waals surface area contributed by atoms with E-state index in [1.807, 2.05) is 19.2 Å². The first-order valence-corrected chi connectivity index (χ1v) is 13.9. The zero-order valence-electron chi connectivity index (χ0n) is 23.0. The van der Waals surface area contributed by atoms with Crippen LogP contribution < -0.4 is 0 Å². The summed E-state index contributed by atoms with van der Waals surface area (Å²) >= 11 is 0. The second-order valence-corrected chi connectivity index (χ2v) is 11.6. The molecule has 0 aromatic carbocycles. The first-order chi connectivity index (χ1) is 17.1. The molecule has 4 atom stereocenters. The van der Waals surface area contributed by atoms with E-state index in [-0.39, 0.29) is 23.7 Å². The van der Waals surface area contributed by atoms with Crippen LogP contribution >= 0.6 is 0 Å². The van der Waals surface area contributed by atoms with Gasteiger partial charge in [-0.1, -0.05) is 26.8 Å². The van der Waals surface area contributed by atoms with Gasteiger partial charge in [-0.3, -0.25) is 24.4 Å². The molecule has 0 aliphatic carbocycles. The predicted octanol–water partition coefficient (Wildman–Crippen LogP) is 3.87. The SMILES string of the molecule is CCCN1C[C@H](C)C[C@@H](O)C[C@@H](C)C(=O)C(C)(C)C(=O)OC[C@H]1CCCN1CCc2cccnc2C1. The highest BCUT2D eigenvalue weighted by atomic mass is 16.5. The quantitative estimate of drug-likeness (QED) is 0.468. The summed E-state index contributed by atoms with van der Waals surface area (Å²) in [6.45, 7) is 14.4. The van der Waals surface area contributed by atoms with Crippen LogP contribution in [0.5, 0.6) is 0 Å². The normalized spacial score (nSPS) is 28.9. The van der Waals surface area contributed by atoms with Gasteiger partial charge in [-0.2, -0.15) is 0 Å². The second kappa shape index (κ2) is 13.1. The highest BCUT2D eigenvalue weighted by molar-refractivity contribution is 6.03. The minimum atomic E-state index is -1.22. The van der Waals surface area contributed by atoms with Crippen LogP contribution in [0.3, 0.4) is 0 Å². The number of hydrogen-bond donors (Lipinski definition) is 1. The summed E-state index contributed by atoms with van der Waals surface area (Å²) in [7, 11) is 0. The Morgan fingerprint density at radius 3 is 2.72 bits per heavy atom. The van der Waals surface area contributed by atoms with Crippen LogP contribution in [0, 0.1) is 17.3 Å². The predicted molar refractivity (Wildman–Crippen MR) is 141 cm³/mol. The van der Waals surface area contributed by atoms with Gasteiger partial charge in [-0.05, 0) is 83.0 Å². The lowest BCUT2D eigenvalue weighted by molar-refractivity contribution is -0.161. The van der Waals surface area contributed by atoms with Crippen molar-refractivity contribution in [1.29, 1.82) is 0 Å². The van der Waals surface area contributed by atoms with Gasteiger partial charge in [0, 0.05) is 37.8 Å². The average Bonchev–Trinajstić information content (AvgIpc) is 2.84. The second-order valence-electron chi connectivity index (χ2n) is 11.6. The summed E-state index contributed by atoms with van der Waals surface area (Å²) in [5.41, 5.74) is 1.32. The smallest absolute Gasteiger partial charge is 0.319 e. The van der Waals surface area contributed by atoms with E-state index < -0.39 is 17.5 Å². The minimum absolute atomic E-state index is 0.0905. The number of aliphatic hydroxyl groups is 1. The molecule has 202 valence electrons. The third kappa shape index (κ3) is 7.59. The number of cyclic esters (lactones) is 1. The van der Waals surface area contributed by atoms with Crippen LogP contribution in [0.15, 0.2) is 18.3 Å². The number of nitrogens with zero attached hydrogens (tertiary/aromatic N) is 3. The third-order valence-electron chi connectivity index (χ3n) is 7.92. The van der Waals surface area contributed by atoms with Gasteiger partial charge < -0.3 is 9.84 Å². The number of Topliss-reactive ketones (excluding diaryl/α,β-unsaturated/α-hetero) is 1. The third-order valence-corrected chi connectivity index (χ3v) is 7.92. The van der Waals surface area contributed by atoms with Gasteiger partial charge in [-0.25, -0.2) is 0 Å². The van der Waals surface area contributed by atoms with Crippen LogP contribution in [-0.4, -0.2) is 76.6 Å². The van der Waals surface area contributed by atoms with Crippen molar-refractivity contribution in [2.24, 2.45) is 17.3 Å². The van der Waals surface area contributed by atoms with Crippen LogP contribution in [-0.2, 0) is 27.3 Å². The standard InChI is InChI=1S/C29H47N3O4/c1-6-13-32-18-21(2)16-25(33)17-22(3)27(34)29(4,5)28(35)36-20-24(32)10-8-14-31-15-11-23-9-7-12-30-26(23)19-31/h7,9,12,21-22,24-25,33H,6,8,10-11,13-20H2,1-5H3/t21-,22-,24-,25-/m1/s1. The number of ether oxygens (including phenoxy) is 1. The summed E-state index contributed by atoms with van der Waals surface area (Å²) in [5.74, 6) is -0.714. The number of rotatable bonds is 6. The average molecular weight is 502 g/mol. The monoisotopic (exact) mass is 501 g/mol. The van der Waals surface area contributed by atoms with E-state index in [2.05, 4.69) is 34.7 Å². The summed E-state index contributed by atoms with van der Waals surface area (Å²) in [6.07, 6.45) is 6.31. The maximum Gasteiger partial charge on any atom is 0.319 e. The van der Waals surface area contributed by atoms with E-state index in [9.17, 15) is 14.7 Å². The number of hydrogen-bond acceptors (Lipinski definition) is 7. The summed E-state index contributed by atoms with van der Waals surface area (Å²) < 4.78 is 5.84. The summed E-state index contributed by atoms with van der Waals surface area (Å²) in [4.78, 5) is 35.6. The van der Waals surface area contributed by atoms with Crippen LogP contribution in [0.1, 0.15) is 78.0 Å². The Morgan fingerprint density at radius 2 is 1.97 bits per heavy atom. The Bertz CT molecular complexity index is 874. The highest BCUT2D eigenvalue weighted by Gasteiger charge is 2.41. The van der Waals surface area contributed by atoms with Crippen molar-refractivity contribution < 1.29 is 19.4 Å². The molecule has 1 aromatic heterocycles. The maximum absolute atomic E-state index is 13.1. The molecule has 0 amide bonds. The number of pyridine rings is 1. The number of fused-ring (bicyclic) bond motifs is 1. The fourth-order valence-corrected chi connectivity index (χ4v) is 5.85. The Hall–Kier alpha value is -1.83. The molecular formula is C29H47N3O4. The Morgan fingerprint density at radius 1 is 1.19 bits per heavy atom. The topological polar surface area (TPSA) is 83.0 Å². The summed E-state index contributed by atoms with van der Waals surface area (Å²) in [6, 6.07) is 4.28. The number of carbonyl (C=O) groups excluding carboxylic acids is 2. The van der Waals surface area contributed by atoms with E-state index in [4.69, 9.17) is 4.74 Å². The van der Waals surface area contributed by atoms with Gasteiger partial charge in [0.25, 0.3) is 0 Å². The van der Waals surface area contributed by atoms with Gasteiger partial charge in [0.1, 0.15) is 12.0 Å². The number of carbonyl (C=O) groups is 2. The van der Waals surface area contributed by atoms with Crippen LogP contribution in [0.25, 0.3) is 0 Å². The van der Waals surface area contributed by atoms with Crippen molar-refractivity contribution in [3.05, 3.63) is 29.6 Å². The van der Waals surface area contributed by atoms with Crippen molar-refractivity contribution in [3.63, 3.8) is 0 Å². The fraction of sp³-hybridized carbons (Fsp3) is 0.759. The molecule has 2 aliphatic heterocycles. The molecule has 3 heterocycles. The molecule has 1 aromatic rings. The molecule has 0 bridgehead atoms. The number of aromatic nitrogens is 1. The van der Waals surface area contributed by atoms with Crippen molar-refractivity contribution in [1.82, 2.24) is 14.8 Å². The zero-order valence-corrected chi connectivity index (χ0v) is 23.0. The number of ketones is 1. The van der Waals surface area contributed by atoms with E-state index in [1.54, 1.807) is 13.8 Å². The van der Waals surface area contributed by atoms with E-state index >= 15 is 0 Å². The minimum Gasteiger partial charge on any atom is -0.463 e. The highest BCUT2D eigenvalue weighted by Crippen LogP contribution is 2.28. The van der Waals surface area contributed by atoms with Crippen LogP contribution in [0.2, 0.25) is 0 Å². The van der Waals surface area contributed by atoms with Crippen molar-refractivity contribution in [2.75, 3.05) is 32.8 Å². The molecular weight excluding hydrogens is 454 g/mol. The molecule has 1 fully saturated rings. The maximum atomic E-state index is 13.1. The lowest BCUT2D eigenvalue weighted by Gasteiger charge is -2.35. The van der Waals surface area contributed by atoms with Crippen molar-refractivity contribution in [2.45, 2.75) is 91.8 Å². The number of esters is 1. The molecule has 1 saturated heterocycles. The first-order valence-electron chi connectivity index (χ1n) is 13.9. The lowest BCUT2D eigenvalue weighted by Crippen LogP contribution is -2.44. The van der Waals surface area contributed by atoms with E-state index in [0.29, 0.717) is 19.4 Å². The summed E-state index contributed by atoms with van der Waals surface area (Å²) in [5, 5.41) is 10.7. The molecule has 1 N–H and O–H groups in total. The lowest BCUT2D eigenvalue weighted by atomic mass is 9.79. The molecule has 36 heavy (non-hydrogen) atoms. The molecule has 2 aliphatic rings. The van der Waals surface area contributed by atoms with Crippen molar-refractivity contribution in [3.8, 4) is 0 Å². The number of aliphatic hydroxyl groups excluding tert-OH is 1. The van der Waals surface area contributed by atoms with Gasteiger partial charge in [0.2, 0.25) is 0 Å². The van der Waals surface area contributed by atoms with Gasteiger partial charge >= 0.3 is 5.97 Å². The van der Waals surface area contributed by atoms with E-state index in [0.717, 1.165) is 58.4 Å². The van der Waals surface area contributed by atoms with Gasteiger partial charge in [-0.15, -0.1) is 0 Å². The molecule has 7 heteroatoms. The van der Waals surface area contributed by atoms with Gasteiger partial charge in [0.05, 0.1) is 11.8 Å². The molecule has 0 radical (unpaired) electrons. The van der Waals surface area contributed by atoms with E-state index in [1.165, 1.54) is 11.3 Å². The largest absolute Gasteiger partial charge is 0.463 e. The molecule has 7 nitrogen and oxygen atoms in total. The molecule has 0 spiro atoms. The molecule has 0 unspecified atom stereocenters. The zero-order chi connectivity index (χ0) is 26.3.